The molecular formula is C10H18N4O2S. The molecule has 0 spiro atoms. The monoisotopic (exact) mass is 258 g/mol. The van der Waals surface area contributed by atoms with Crippen LogP contribution in [0.25, 0.3) is 0 Å². The molecule has 6 nitrogen and oxygen atoms in total. The quantitative estimate of drug-likeness (QED) is 0.743. The Labute approximate surface area is 105 Å². The third-order valence-electron chi connectivity index (χ3n) is 2.08. The van der Waals surface area contributed by atoms with Gasteiger partial charge in [0.1, 0.15) is 18.2 Å². The average molecular weight is 258 g/mol. The molecule has 0 unspecified atom stereocenters. The zero-order valence-corrected chi connectivity index (χ0v) is 10.9. The smallest absolute Gasteiger partial charge is 0.321 e. The summed E-state index contributed by atoms with van der Waals surface area (Å²) in [5.74, 6) is 1.40. The summed E-state index contributed by atoms with van der Waals surface area (Å²) in [6.07, 6.45) is 1.52. The minimum absolute atomic E-state index is 0.379. The largest absolute Gasteiger partial charge is 0.480 e. The van der Waals surface area contributed by atoms with Gasteiger partial charge in [0.05, 0.1) is 5.75 Å². The Morgan fingerprint density at radius 2 is 2.35 bits per heavy atom. The molecule has 0 aliphatic carbocycles. The molecule has 1 heterocycles. The molecule has 3 N–H and O–H groups in total. The molecule has 0 bridgehead atoms. The highest BCUT2D eigenvalue weighted by atomic mass is 32.2. The van der Waals surface area contributed by atoms with Gasteiger partial charge < -0.3 is 10.8 Å². The summed E-state index contributed by atoms with van der Waals surface area (Å²) < 4.78 is 1.85. The summed E-state index contributed by atoms with van der Waals surface area (Å²) in [5.41, 5.74) is 5.41. The molecule has 7 heteroatoms. The molecule has 0 radical (unpaired) electrons. The molecule has 0 saturated carbocycles. The van der Waals surface area contributed by atoms with E-state index in [1.54, 1.807) is 0 Å². The van der Waals surface area contributed by atoms with Gasteiger partial charge in [-0.25, -0.2) is 9.67 Å². The molecular weight excluding hydrogens is 240 g/mol. The first kappa shape index (κ1) is 14.0. The van der Waals surface area contributed by atoms with Crippen LogP contribution in [0.5, 0.6) is 0 Å². The summed E-state index contributed by atoms with van der Waals surface area (Å²) >= 11 is 1.46. The van der Waals surface area contributed by atoms with Crippen LogP contribution in [-0.2, 0) is 17.1 Å². The standard InChI is InChI=1S/C10H18N4O2S/c1-7(2)3-14-9(12-6-13-14)5-17-4-8(11)10(15)16/h6-8H,3-5,11H2,1-2H3,(H,15,16)/t8-/m0/s1. The summed E-state index contributed by atoms with van der Waals surface area (Å²) in [6, 6.07) is -0.818. The van der Waals surface area contributed by atoms with Crippen molar-refractivity contribution >= 4 is 17.7 Å². The Morgan fingerprint density at radius 1 is 1.65 bits per heavy atom. The molecule has 17 heavy (non-hydrogen) atoms. The van der Waals surface area contributed by atoms with E-state index in [0.717, 1.165) is 12.4 Å². The maximum absolute atomic E-state index is 10.5. The highest BCUT2D eigenvalue weighted by molar-refractivity contribution is 7.98. The lowest BCUT2D eigenvalue weighted by molar-refractivity contribution is -0.137. The molecule has 0 saturated heterocycles. The van der Waals surface area contributed by atoms with Gasteiger partial charge in [-0.2, -0.15) is 16.9 Å². The van der Waals surface area contributed by atoms with E-state index >= 15 is 0 Å². The fourth-order valence-electron chi connectivity index (χ4n) is 1.25. The van der Waals surface area contributed by atoms with E-state index in [1.807, 2.05) is 4.68 Å². The van der Waals surface area contributed by atoms with Gasteiger partial charge in [-0.3, -0.25) is 4.79 Å². The molecule has 0 aromatic carbocycles. The third kappa shape index (κ3) is 4.74. The zero-order valence-electron chi connectivity index (χ0n) is 10.0. The van der Waals surface area contributed by atoms with Gasteiger partial charge >= 0.3 is 5.97 Å². The van der Waals surface area contributed by atoms with E-state index in [4.69, 9.17) is 10.8 Å². The van der Waals surface area contributed by atoms with Crippen LogP contribution in [0.4, 0.5) is 0 Å². The lowest BCUT2D eigenvalue weighted by Gasteiger charge is -2.09. The maximum atomic E-state index is 10.5. The number of aromatic nitrogens is 3. The Hall–Kier alpha value is -1.08. The predicted octanol–water partition coefficient (Wildman–Crippen LogP) is 0.579. The van der Waals surface area contributed by atoms with E-state index in [9.17, 15) is 4.79 Å². The highest BCUT2D eigenvalue weighted by Crippen LogP contribution is 2.11. The zero-order chi connectivity index (χ0) is 12.8. The number of nitrogens with two attached hydrogens (primary N) is 1. The van der Waals surface area contributed by atoms with Gasteiger partial charge in [0, 0.05) is 12.3 Å². The van der Waals surface area contributed by atoms with Crippen molar-refractivity contribution in [1.82, 2.24) is 14.8 Å². The second-order valence-corrected chi connectivity index (χ2v) is 5.24. The second-order valence-electron chi connectivity index (χ2n) is 4.21. The number of rotatable bonds is 7. The number of hydrogen-bond acceptors (Lipinski definition) is 5. The molecule has 1 aromatic rings. The number of carboxylic acids is 1. The topological polar surface area (TPSA) is 94.0 Å². The summed E-state index contributed by atoms with van der Waals surface area (Å²) in [4.78, 5) is 14.7. The van der Waals surface area contributed by atoms with Crippen molar-refractivity contribution in [3.05, 3.63) is 12.2 Å². The maximum Gasteiger partial charge on any atom is 0.321 e. The predicted molar refractivity (Wildman–Crippen MR) is 66.6 cm³/mol. The van der Waals surface area contributed by atoms with Crippen molar-refractivity contribution in [2.75, 3.05) is 5.75 Å². The Kier molecular flexibility index (Phi) is 5.43. The lowest BCUT2D eigenvalue weighted by atomic mass is 10.2. The molecule has 0 aliphatic rings. The average Bonchev–Trinajstić information content (AvgIpc) is 2.64. The van der Waals surface area contributed by atoms with Gasteiger partial charge in [-0.1, -0.05) is 13.8 Å². The van der Waals surface area contributed by atoms with Gasteiger partial charge in [0.25, 0.3) is 0 Å². The first-order valence-electron chi connectivity index (χ1n) is 5.43. The summed E-state index contributed by atoms with van der Waals surface area (Å²) in [6.45, 7) is 5.04. The van der Waals surface area contributed by atoms with Crippen molar-refractivity contribution < 1.29 is 9.90 Å². The first-order chi connectivity index (χ1) is 8.00. The number of thioether (sulfide) groups is 1. The van der Waals surface area contributed by atoms with Crippen LogP contribution < -0.4 is 5.73 Å². The fourth-order valence-corrected chi connectivity index (χ4v) is 2.17. The summed E-state index contributed by atoms with van der Waals surface area (Å²) in [7, 11) is 0. The molecule has 1 atom stereocenters. The Morgan fingerprint density at radius 3 is 2.94 bits per heavy atom. The van der Waals surface area contributed by atoms with Gasteiger partial charge in [0.15, 0.2) is 0 Å². The van der Waals surface area contributed by atoms with E-state index in [-0.39, 0.29) is 0 Å². The van der Waals surface area contributed by atoms with Crippen molar-refractivity contribution in [3.8, 4) is 0 Å². The van der Waals surface area contributed by atoms with Crippen molar-refractivity contribution in [2.45, 2.75) is 32.2 Å². The molecule has 0 amide bonds. The minimum Gasteiger partial charge on any atom is -0.480 e. The van der Waals surface area contributed by atoms with Gasteiger partial charge in [-0.05, 0) is 5.92 Å². The Bertz CT molecular complexity index is 367. The number of carboxylic acid groups (broad SMARTS) is 1. The lowest BCUT2D eigenvalue weighted by Crippen LogP contribution is -2.32. The Balaban J connectivity index is 2.41. The number of nitrogens with zero attached hydrogens (tertiary/aromatic N) is 3. The van der Waals surface area contributed by atoms with Gasteiger partial charge in [0.2, 0.25) is 0 Å². The van der Waals surface area contributed by atoms with E-state index in [0.29, 0.717) is 17.4 Å². The van der Waals surface area contributed by atoms with Crippen molar-refractivity contribution in [3.63, 3.8) is 0 Å². The molecule has 0 fully saturated rings. The highest BCUT2D eigenvalue weighted by Gasteiger charge is 2.12. The van der Waals surface area contributed by atoms with Gasteiger partial charge in [-0.15, -0.1) is 0 Å². The van der Waals surface area contributed by atoms with Crippen LogP contribution in [0, 0.1) is 5.92 Å². The van der Waals surface area contributed by atoms with E-state index in [2.05, 4.69) is 23.9 Å². The van der Waals surface area contributed by atoms with Crippen LogP contribution >= 0.6 is 11.8 Å². The first-order valence-corrected chi connectivity index (χ1v) is 6.59. The van der Waals surface area contributed by atoms with Crippen LogP contribution in [0.2, 0.25) is 0 Å². The molecule has 1 rings (SSSR count). The summed E-state index contributed by atoms with van der Waals surface area (Å²) in [5, 5.41) is 12.8. The van der Waals surface area contributed by atoms with Crippen molar-refractivity contribution in [1.29, 1.82) is 0 Å². The second kappa shape index (κ2) is 6.61. The molecule has 0 aliphatic heterocycles. The fraction of sp³-hybridized carbons (Fsp3) is 0.700. The van der Waals surface area contributed by atoms with Crippen LogP contribution in [0.15, 0.2) is 6.33 Å². The normalized spacial score (nSPS) is 12.9. The third-order valence-corrected chi connectivity index (χ3v) is 3.14. The molecule has 1 aromatic heterocycles. The number of hydrogen-bond donors (Lipinski definition) is 2. The van der Waals surface area contributed by atoms with E-state index in [1.165, 1.54) is 18.1 Å². The van der Waals surface area contributed by atoms with Crippen LogP contribution in [0.1, 0.15) is 19.7 Å². The number of carbonyl (C=O) groups is 1. The van der Waals surface area contributed by atoms with E-state index < -0.39 is 12.0 Å². The van der Waals surface area contributed by atoms with Crippen molar-refractivity contribution in [2.24, 2.45) is 11.7 Å². The SMILES string of the molecule is CC(C)Cn1ncnc1CSC[C@H](N)C(=O)O. The minimum atomic E-state index is -0.971. The number of aliphatic carboxylic acids is 1. The molecule has 96 valence electrons. The van der Waals surface area contributed by atoms with Crippen LogP contribution in [-0.4, -0.2) is 37.6 Å². The van der Waals surface area contributed by atoms with Crippen LogP contribution in [0.3, 0.4) is 0 Å².